The van der Waals surface area contributed by atoms with Crippen LogP contribution in [0.25, 0.3) is 0 Å². The standard InChI is InChI=1S/C14H14N2O/c15-11-4-2-5-12(9-11)17-14-8-7-10-3-1-6-13(10)16-14/h2,4-5,7-9H,1,3,6,15H2. The summed E-state index contributed by atoms with van der Waals surface area (Å²) in [7, 11) is 0. The lowest BCUT2D eigenvalue weighted by atomic mass is 10.2. The normalized spacial score (nSPS) is 13.4. The molecular formula is C14H14N2O. The van der Waals surface area contributed by atoms with E-state index in [0.29, 0.717) is 11.6 Å². The predicted octanol–water partition coefficient (Wildman–Crippen LogP) is 2.94. The third kappa shape index (κ3) is 2.09. The van der Waals surface area contributed by atoms with Crippen molar-refractivity contribution in [2.75, 3.05) is 5.73 Å². The number of ether oxygens (including phenoxy) is 1. The number of nitrogens with zero attached hydrogens (tertiary/aromatic N) is 1. The van der Waals surface area contributed by atoms with E-state index in [9.17, 15) is 0 Å². The number of hydrogen-bond donors (Lipinski definition) is 1. The molecule has 3 nitrogen and oxygen atoms in total. The van der Waals surface area contributed by atoms with Gasteiger partial charge in [-0.2, -0.15) is 0 Å². The number of anilines is 1. The molecule has 1 aliphatic carbocycles. The van der Waals surface area contributed by atoms with Crippen molar-refractivity contribution in [2.45, 2.75) is 19.3 Å². The van der Waals surface area contributed by atoms with E-state index < -0.39 is 0 Å². The van der Waals surface area contributed by atoms with Crippen molar-refractivity contribution in [1.29, 1.82) is 0 Å². The third-order valence-corrected chi connectivity index (χ3v) is 2.98. The summed E-state index contributed by atoms with van der Waals surface area (Å²) in [6.07, 6.45) is 3.40. The van der Waals surface area contributed by atoms with E-state index in [4.69, 9.17) is 10.5 Å². The Hall–Kier alpha value is -2.03. The average molecular weight is 226 g/mol. The summed E-state index contributed by atoms with van der Waals surface area (Å²) in [5.41, 5.74) is 8.92. The number of pyridine rings is 1. The minimum absolute atomic E-state index is 0.649. The molecular weight excluding hydrogens is 212 g/mol. The quantitative estimate of drug-likeness (QED) is 0.801. The van der Waals surface area contributed by atoms with E-state index in [-0.39, 0.29) is 0 Å². The zero-order valence-corrected chi connectivity index (χ0v) is 9.52. The molecule has 0 amide bonds. The predicted molar refractivity (Wildman–Crippen MR) is 67.2 cm³/mol. The minimum atomic E-state index is 0.649. The van der Waals surface area contributed by atoms with Crippen LogP contribution in [0.5, 0.6) is 11.6 Å². The van der Waals surface area contributed by atoms with Gasteiger partial charge in [-0.15, -0.1) is 0 Å². The van der Waals surface area contributed by atoms with E-state index in [2.05, 4.69) is 11.1 Å². The molecule has 0 atom stereocenters. The maximum Gasteiger partial charge on any atom is 0.219 e. The Morgan fingerprint density at radius 1 is 1.12 bits per heavy atom. The number of aromatic nitrogens is 1. The molecule has 0 spiro atoms. The molecule has 0 saturated heterocycles. The fourth-order valence-corrected chi connectivity index (χ4v) is 2.16. The molecule has 2 N–H and O–H groups in total. The highest BCUT2D eigenvalue weighted by Crippen LogP contribution is 2.26. The van der Waals surface area contributed by atoms with Crippen LogP contribution in [-0.4, -0.2) is 4.98 Å². The molecule has 2 aromatic rings. The van der Waals surface area contributed by atoms with Crippen LogP contribution < -0.4 is 10.5 Å². The SMILES string of the molecule is Nc1cccc(Oc2ccc3c(n2)CCC3)c1. The molecule has 17 heavy (non-hydrogen) atoms. The first-order chi connectivity index (χ1) is 8.31. The van der Waals surface area contributed by atoms with Crippen molar-refractivity contribution in [1.82, 2.24) is 4.98 Å². The van der Waals surface area contributed by atoms with Crippen LogP contribution in [0.4, 0.5) is 5.69 Å². The highest BCUT2D eigenvalue weighted by atomic mass is 16.5. The number of fused-ring (bicyclic) bond motifs is 1. The van der Waals surface area contributed by atoms with Crippen molar-refractivity contribution in [3.05, 3.63) is 47.7 Å². The molecule has 0 saturated carbocycles. The van der Waals surface area contributed by atoms with E-state index >= 15 is 0 Å². The molecule has 1 heterocycles. The first-order valence-electron chi connectivity index (χ1n) is 5.83. The Kier molecular flexibility index (Phi) is 2.44. The monoisotopic (exact) mass is 226 g/mol. The van der Waals surface area contributed by atoms with Gasteiger partial charge in [0.1, 0.15) is 5.75 Å². The number of aryl methyl sites for hydroxylation is 2. The van der Waals surface area contributed by atoms with Crippen LogP contribution in [0.1, 0.15) is 17.7 Å². The highest BCUT2D eigenvalue weighted by Gasteiger charge is 2.13. The fourth-order valence-electron chi connectivity index (χ4n) is 2.16. The van der Waals surface area contributed by atoms with E-state index in [0.717, 1.165) is 18.6 Å². The van der Waals surface area contributed by atoms with Crippen molar-refractivity contribution in [2.24, 2.45) is 0 Å². The van der Waals surface area contributed by atoms with Crippen LogP contribution in [-0.2, 0) is 12.8 Å². The Balaban J connectivity index is 1.86. The van der Waals surface area contributed by atoms with Gasteiger partial charge >= 0.3 is 0 Å². The molecule has 1 aromatic heterocycles. The van der Waals surface area contributed by atoms with Crippen molar-refractivity contribution >= 4 is 5.69 Å². The Labute approximate surface area is 100 Å². The van der Waals surface area contributed by atoms with Crippen LogP contribution in [0.2, 0.25) is 0 Å². The van der Waals surface area contributed by atoms with Gasteiger partial charge in [-0.1, -0.05) is 12.1 Å². The lowest BCUT2D eigenvalue weighted by molar-refractivity contribution is 0.461. The molecule has 0 radical (unpaired) electrons. The zero-order valence-electron chi connectivity index (χ0n) is 9.52. The summed E-state index contributed by atoms with van der Waals surface area (Å²) in [5.74, 6) is 1.38. The molecule has 0 bridgehead atoms. The van der Waals surface area contributed by atoms with Crippen LogP contribution in [0, 0.1) is 0 Å². The van der Waals surface area contributed by atoms with E-state index in [1.807, 2.05) is 24.3 Å². The summed E-state index contributed by atoms with van der Waals surface area (Å²) in [6.45, 7) is 0. The van der Waals surface area contributed by atoms with Gasteiger partial charge in [-0.25, -0.2) is 4.98 Å². The van der Waals surface area contributed by atoms with Crippen LogP contribution in [0.15, 0.2) is 36.4 Å². The lowest BCUT2D eigenvalue weighted by Gasteiger charge is -2.06. The largest absolute Gasteiger partial charge is 0.439 e. The Morgan fingerprint density at radius 3 is 2.94 bits per heavy atom. The first kappa shape index (κ1) is 10.1. The van der Waals surface area contributed by atoms with Gasteiger partial charge in [-0.3, -0.25) is 0 Å². The maximum atomic E-state index is 5.70. The third-order valence-electron chi connectivity index (χ3n) is 2.98. The van der Waals surface area contributed by atoms with Crippen molar-refractivity contribution < 1.29 is 4.74 Å². The average Bonchev–Trinajstić information content (AvgIpc) is 2.76. The van der Waals surface area contributed by atoms with Crippen molar-refractivity contribution in [3.63, 3.8) is 0 Å². The number of benzene rings is 1. The van der Waals surface area contributed by atoms with Gasteiger partial charge in [0.2, 0.25) is 5.88 Å². The van der Waals surface area contributed by atoms with Gasteiger partial charge in [0.15, 0.2) is 0 Å². The second-order valence-corrected chi connectivity index (χ2v) is 4.28. The zero-order chi connectivity index (χ0) is 11.7. The molecule has 0 aliphatic heterocycles. The fraction of sp³-hybridized carbons (Fsp3) is 0.214. The van der Waals surface area contributed by atoms with Crippen LogP contribution >= 0.6 is 0 Å². The number of rotatable bonds is 2. The number of nitrogen functional groups attached to an aromatic ring is 1. The summed E-state index contributed by atoms with van der Waals surface area (Å²) in [4.78, 5) is 4.52. The molecule has 3 rings (SSSR count). The summed E-state index contributed by atoms with van der Waals surface area (Å²) < 4.78 is 5.69. The second kappa shape index (κ2) is 4.09. The van der Waals surface area contributed by atoms with Gasteiger partial charge < -0.3 is 10.5 Å². The summed E-state index contributed by atoms with van der Waals surface area (Å²) in [5, 5.41) is 0. The molecule has 1 aromatic carbocycles. The summed E-state index contributed by atoms with van der Waals surface area (Å²) >= 11 is 0. The highest BCUT2D eigenvalue weighted by molar-refractivity contribution is 5.44. The van der Waals surface area contributed by atoms with Gasteiger partial charge in [-0.05, 0) is 37.0 Å². The molecule has 1 aliphatic rings. The Morgan fingerprint density at radius 2 is 2.06 bits per heavy atom. The first-order valence-corrected chi connectivity index (χ1v) is 5.83. The smallest absolute Gasteiger partial charge is 0.219 e. The summed E-state index contributed by atoms with van der Waals surface area (Å²) in [6, 6.07) is 11.4. The van der Waals surface area contributed by atoms with Gasteiger partial charge in [0.25, 0.3) is 0 Å². The molecule has 0 unspecified atom stereocenters. The maximum absolute atomic E-state index is 5.70. The molecule has 86 valence electrons. The second-order valence-electron chi connectivity index (χ2n) is 4.28. The Bertz CT molecular complexity index is 552. The van der Waals surface area contributed by atoms with Crippen LogP contribution in [0.3, 0.4) is 0 Å². The lowest BCUT2D eigenvalue weighted by Crippen LogP contribution is -1.93. The minimum Gasteiger partial charge on any atom is -0.439 e. The topological polar surface area (TPSA) is 48.1 Å². The van der Waals surface area contributed by atoms with Gasteiger partial charge in [0, 0.05) is 23.5 Å². The molecule has 0 fully saturated rings. The number of nitrogens with two attached hydrogens (primary N) is 1. The van der Waals surface area contributed by atoms with E-state index in [1.165, 1.54) is 17.7 Å². The van der Waals surface area contributed by atoms with E-state index in [1.54, 1.807) is 6.07 Å². The van der Waals surface area contributed by atoms with Gasteiger partial charge in [0.05, 0.1) is 0 Å². The number of hydrogen-bond acceptors (Lipinski definition) is 3. The van der Waals surface area contributed by atoms with Crippen molar-refractivity contribution in [3.8, 4) is 11.6 Å². The molecule has 3 heteroatoms.